The standard InChI is InChI=1S/C16H13BrN2/c17-13-8-6-12(7-9-13)15-16-14(18-10-19(15)16)11-4-2-1-3-5-11/h1-9,15-16H,10H2/t15-,16-,19?/m0/s1. The zero-order chi connectivity index (χ0) is 12.8. The van der Waals surface area contributed by atoms with E-state index in [0.717, 1.165) is 11.1 Å². The van der Waals surface area contributed by atoms with Gasteiger partial charge in [0.1, 0.15) is 0 Å². The first-order chi connectivity index (χ1) is 9.34. The van der Waals surface area contributed by atoms with Gasteiger partial charge in [0, 0.05) is 4.47 Å². The van der Waals surface area contributed by atoms with Crippen LogP contribution in [0.15, 0.2) is 64.1 Å². The third kappa shape index (κ3) is 1.85. The van der Waals surface area contributed by atoms with Crippen LogP contribution in [-0.2, 0) is 0 Å². The number of fused-ring (bicyclic) bond motifs is 1. The minimum atomic E-state index is 0.476. The zero-order valence-corrected chi connectivity index (χ0v) is 11.9. The summed E-state index contributed by atoms with van der Waals surface area (Å²) < 4.78 is 1.13. The van der Waals surface area contributed by atoms with Crippen molar-refractivity contribution in [3.63, 3.8) is 0 Å². The Hall–Kier alpha value is -1.45. The van der Waals surface area contributed by atoms with Gasteiger partial charge in [-0.1, -0.05) is 58.4 Å². The highest BCUT2D eigenvalue weighted by atomic mass is 79.9. The summed E-state index contributed by atoms with van der Waals surface area (Å²) in [6, 6.07) is 20.1. The molecule has 0 aliphatic carbocycles. The predicted molar refractivity (Wildman–Crippen MR) is 80.4 cm³/mol. The van der Waals surface area contributed by atoms with Crippen LogP contribution < -0.4 is 0 Å². The molecule has 0 N–H and O–H groups in total. The van der Waals surface area contributed by atoms with Crippen molar-refractivity contribution < 1.29 is 0 Å². The van der Waals surface area contributed by atoms with Gasteiger partial charge in [-0.25, -0.2) is 0 Å². The van der Waals surface area contributed by atoms with Crippen LogP contribution >= 0.6 is 15.9 Å². The molecule has 2 heterocycles. The SMILES string of the molecule is Brc1ccc([C@H]2[C@@H]3C(c4ccccc4)=NCN32)cc1. The molecule has 2 aliphatic rings. The molecule has 1 fully saturated rings. The number of halogens is 1. The molecule has 0 aromatic heterocycles. The van der Waals surface area contributed by atoms with Gasteiger partial charge in [-0.05, 0) is 23.3 Å². The molecular formula is C16H13BrN2. The van der Waals surface area contributed by atoms with Crippen LogP contribution in [0.1, 0.15) is 17.2 Å². The van der Waals surface area contributed by atoms with Crippen molar-refractivity contribution in [2.75, 3.05) is 6.67 Å². The van der Waals surface area contributed by atoms with Gasteiger partial charge in [-0.2, -0.15) is 0 Å². The smallest absolute Gasteiger partial charge is 0.0925 e. The van der Waals surface area contributed by atoms with Gasteiger partial charge in [0.25, 0.3) is 0 Å². The summed E-state index contributed by atoms with van der Waals surface area (Å²) in [5.74, 6) is 0. The van der Waals surface area contributed by atoms with Crippen LogP contribution in [0, 0.1) is 0 Å². The Morgan fingerprint density at radius 3 is 2.42 bits per heavy atom. The van der Waals surface area contributed by atoms with E-state index in [1.54, 1.807) is 0 Å². The normalized spacial score (nSPS) is 27.8. The molecule has 2 aromatic carbocycles. The number of hydrogen-bond acceptors (Lipinski definition) is 2. The fraction of sp³-hybridized carbons (Fsp3) is 0.188. The fourth-order valence-corrected chi connectivity index (χ4v) is 3.18. The molecule has 19 heavy (non-hydrogen) atoms. The van der Waals surface area contributed by atoms with Crippen molar-refractivity contribution in [2.24, 2.45) is 4.99 Å². The van der Waals surface area contributed by atoms with Crippen LogP contribution in [0.3, 0.4) is 0 Å². The molecule has 0 amide bonds. The first-order valence-corrected chi connectivity index (χ1v) is 7.25. The van der Waals surface area contributed by atoms with E-state index in [2.05, 4.69) is 80.4 Å². The molecule has 0 bridgehead atoms. The highest BCUT2D eigenvalue weighted by Crippen LogP contribution is 2.47. The molecule has 4 rings (SSSR count). The molecule has 3 heteroatoms. The Kier molecular flexibility index (Phi) is 2.57. The first-order valence-electron chi connectivity index (χ1n) is 6.45. The zero-order valence-electron chi connectivity index (χ0n) is 10.3. The Bertz CT molecular complexity index is 634. The summed E-state index contributed by atoms with van der Waals surface area (Å²) in [4.78, 5) is 7.10. The number of benzene rings is 2. The average Bonchev–Trinajstić information content (AvgIpc) is 3.00. The lowest BCUT2D eigenvalue weighted by molar-refractivity contribution is 0.539. The third-order valence-electron chi connectivity index (χ3n) is 3.89. The lowest BCUT2D eigenvalue weighted by atomic mass is 10.0. The van der Waals surface area contributed by atoms with Crippen LogP contribution in [0.4, 0.5) is 0 Å². The Labute approximate surface area is 120 Å². The molecule has 2 aliphatic heterocycles. The maximum atomic E-state index is 4.66. The number of hydrogen-bond donors (Lipinski definition) is 0. The Morgan fingerprint density at radius 2 is 1.68 bits per heavy atom. The van der Waals surface area contributed by atoms with Crippen molar-refractivity contribution in [1.82, 2.24) is 4.90 Å². The molecule has 0 saturated carbocycles. The molecular weight excluding hydrogens is 300 g/mol. The van der Waals surface area contributed by atoms with Crippen LogP contribution in [0.2, 0.25) is 0 Å². The highest BCUT2D eigenvalue weighted by molar-refractivity contribution is 9.10. The largest absolute Gasteiger partial charge is 0.272 e. The van der Waals surface area contributed by atoms with E-state index in [1.165, 1.54) is 16.8 Å². The fourth-order valence-electron chi connectivity index (χ4n) is 2.91. The molecule has 2 aromatic rings. The molecule has 1 saturated heterocycles. The van der Waals surface area contributed by atoms with E-state index in [-0.39, 0.29) is 0 Å². The number of nitrogens with zero attached hydrogens (tertiary/aromatic N) is 2. The second kappa shape index (κ2) is 4.29. The van der Waals surface area contributed by atoms with Gasteiger partial charge in [-0.3, -0.25) is 9.89 Å². The van der Waals surface area contributed by atoms with Gasteiger partial charge in [0.2, 0.25) is 0 Å². The molecule has 94 valence electrons. The summed E-state index contributed by atoms with van der Waals surface area (Å²) in [7, 11) is 0. The van der Waals surface area contributed by atoms with E-state index < -0.39 is 0 Å². The van der Waals surface area contributed by atoms with Crippen LogP contribution in [0.5, 0.6) is 0 Å². The van der Waals surface area contributed by atoms with Gasteiger partial charge in [0.05, 0.1) is 24.5 Å². The van der Waals surface area contributed by atoms with Crippen molar-refractivity contribution >= 4 is 21.6 Å². The maximum Gasteiger partial charge on any atom is 0.0925 e. The predicted octanol–water partition coefficient (Wildman–Crippen LogP) is 3.63. The first kappa shape index (κ1) is 11.4. The lowest BCUT2D eigenvalue weighted by Gasteiger charge is -2.05. The quantitative estimate of drug-likeness (QED) is 0.773. The monoisotopic (exact) mass is 312 g/mol. The maximum absolute atomic E-state index is 4.66. The average molecular weight is 313 g/mol. The van der Waals surface area contributed by atoms with E-state index in [1.807, 2.05) is 0 Å². The molecule has 0 radical (unpaired) electrons. The second-order valence-corrected chi connectivity index (χ2v) is 5.92. The minimum absolute atomic E-state index is 0.476. The van der Waals surface area contributed by atoms with Crippen LogP contribution in [-0.4, -0.2) is 23.3 Å². The molecule has 1 unspecified atom stereocenters. The Morgan fingerprint density at radius 1 is 0.947 bits per heavy atom. The second-order valence-electron chi connectivity index (χ2n) is 5.01. The molecule has 0 spiro atoms. The van der Waals surface area contributed by atoms with Crippen molar-refractivity contribution in [1.29, 1.82) is 0 Å². The topological polar surface area (TPSA) is 15.4 Å². The van der Waals surface area contributed by atoms with Crippen LogP contribution in [0.25, 0.3) is 0 Å². The summed E-state index contributed by atoms with van der Waals surface area (Å²) in [5.41, 5.74) is 3.89. The van der Waals surface area contributed by atoms with E-state index in [0.29, 0.717) is 12.1 Å². The van der Waals surface area contributed by atoms with Gasteiger partial charge < -0.3 is 0 Å². The van der Waals surface area contributed by atoms with E-state index in [9.17, 15) is 0 Å². The highest BCUT2D eigenvalue weighted by Gasteiger charge is 2.54. The van der Waals surface area contributed by atoms with Crippen molar-refractivity contribution in [2.45, 2.75) is 12.1 Å². The number of rotatable bonds is 2. The summed E-state index contributed by atoms with van der Waals surface area (Å²) in [5, 5.41) is 0. The van der Waals surface area contributed by atoms with Gasteiger partial charge in [0.15, 0.2) is 0 Å². The minimum Gasteiger partial charge on any atom is -0.272 e. The summed E-state index contributed by atoms with van der Waals surface area (Å²) >= 11 is 3.49. The summed E-state index contributed by atoms with van der Waals surface area (Å²) in [6.45, 7) is 0.829. The van der Waals surface area contributed by atoms with Crippen molar-refractivity contribution in [3.8, 4) is 0 Å². The van der Waals surface area contributed by atoms with E-state index in [4.69, 9.17) is 0 Å². The molecule has 3 atom stereocenters. The number of aliphatic imine (C=N–C) groups is 1. The Balaban J connectivity index is 1.62. The van der Waals surface area contributed by atoms with Gasteiger partial charge >= 0.3 is 0 Å². The summed E-state index contributed by atoms with van der Waals surface area (Å²) in [6.07, 6.45) is 0. The third-order valence-corrected chi connectivity index (χ3v) is 4.42. The lowest BCUT2D eigenvalue weighted by Crippen LogP contribution is -2.08. The van der Waals surface area contributed by atoms with E-state index >= 15 is 0 Å². The molecule has 2 nitrogen and oxygen atoms in total. The van der Waals surface area contributed by atoms with Crippen molar-refractivity contribution in [3.05, 3.63) is 70.2 Å². The van der Waals surface area contributed by atoms with Gasteiger partial charge in [-0.15, -0.1) is 0 Å².